The highest BCUT2D eigenvalue weighted by molar-refractivity contribution is 9.10. The third kappa shape index (κ3) is 4.42. The highest BCUT2D eigenvalue weighted by Gasteiger charge is 2.27. The Morgan fingerprint density at radius 1 is 1.31 bits per heavy atom. The topological polar surface area (TPSA) is 67.9 Å². The smallest absolute Gasteiger partial charge is 0.265 e. The number of benzene rings is 2. The number of anilines is 2. The van der Waals surface area contributed by atoms with Crippen LogP contribution in [0.3, 0.4) is 0 Å². The Labute approximate surface area is 160 Å². The molecule has 0 bridgehead atoms. The first-order valence-electron chi connectivity index (χ1n) is 8.26. The minimum absolute atomic E-state index is 0.0769. The lowest BCUT2D eigenvalue weighted by Gasteiger charge is -2.29. The van der Waals surface area contributed by atoms with E-state index in [9.17, 15) is 9.59 Å². The maximum Gasteiger partial charge on any atom is 0.265 e. The molecule has 0 radical (unpaired) electrons. The van der Waals surface area contributed by atoms with Crippen LogP contribution in [0, 0.1) is 0 Å². The number of ether oxygens (including phenoxy) is 2. The van der Waals surface area contributed by atoms with Crippen LogP contribution >= 0.6 is 15.9 Å². The van der Waals surface area contributed by atoms with E-state index in [4.69, 9.17) is 9.47 Å². The molecule has 0 saturated carbocycles. The van der Waals surface area contributed by atoms with E-state index in [2.05, 4.69) is 21.2 Å². The SMILES string of the molecule is CCOCc1cccc(NC(=O)CN2C(=O)COc3cc(Br)ccc32)c1. The number of fused-ring (bicyclic) bond motifs is 1. The number of rotatable bonds is 6. The van der Waals surface area contributed by atoms with Crippen LogP contribution < -0.4 is 15.0 Å². The van der Waals surface area contributed by atoms with E-state index in [0.29, 0.717) is 30.3 Å². The van der Waals surface area contributed by atoms with Crippen LogP contribution in [0.4, 0.5) is 11.4 Å². The molecule has 0 aliphatic carbocycles. The van der Waals surface area contributed by atoms with Gasteiger partial charge in [-0.15, -0.1) is 0 Å². The van der Waals surface area contributed by atoms with Gasteiger partial charge in [0.1, 0.15) is 12.3 Å². The molecule has 0 saturated heterocycles. The van der Waals surface area contributed by atoms with Gasteiger partial charge in [0.2, 0.25) is 5.91 Å². The molecule has 3 rings (SSSR count). The number of carbonyl (C=O) groups excluding carboxylic acids is 2. The van der Waals surface area contributed by atoms with Crippen molar-refractivity contribution in [3.05, 3.63) is 52.5 Å². The second kappa shape index (κ2) is 8.33. The zero-order chi connectivity index (χ0) is 18.5. The molecular formula is C19H19BrN2O4. The molecule has 0 unspecified atom stereocenters. The third-order valence-electron chi connectivity index (χ3n) is 3.85. The maximum absolute atomic E-state index is 12.4. The predicted octanol–water partition coefficient (Wildman–Crippen LogP) is 3.35. The molecule has 0 atom stereocenters. The largest absolute Gasteiger partial charge is 0.482 e. The molecule has 0 spiro atoms. The highest BCUT2D eigenvalue weighted by atomic mass is 79.9. The van der Waals surface area contributed by atoms with Gasteiger partial charge in [0.15, 0.2) is 6.61 Å². The summed E-state index contributed by atoms with van der Waals surface area (Å²) in [5.41, 5.74) is 2.23. The van der Waals surface area contributed by atoms with Crippen molar-refractivity contribution < 1.29 is 19.1 Å². The summed E-state index contributed by atoms with van der Waals surface area (Å²) >= 11 is 3.37. The summed E-state index contributed by atoms with van der Waals surface area (Å²) in [5, 5.41) is 2.83. The minimum atomic E-state index is -0.275. The molecule has 136 valence electrons. The van der Waals surface area contributed by atoms with Crippen LogP contribution in [0.1, 0.15) is 12.5 Å². The van der Waals surface area contributed by atoms with Crippen LogP contribution in [0.15, 0.2) is 46.9 Å². The fraction of sp³-hybridized carbons (Fsp3) is 0.263. The number of nitrogens with one attached hydrogen (secondary N) is 1. The third-order valence-corrected chi connectivity index (χ3v) is 4.34. The second-order valence-corrected chi connectivity index (χ2v) is 6.68. The van der Waals surface area contributed by atoms with Gasteiger partial charge in [-0.05, 0) is 42.8 Å². The normalized spacial score (nSPS) is 13.2. The second-order valence-electron chi connectivity index (χ2n) is 5.77. The molecule has 1 heterocycles. The van der Waals surface area contributed by atoms with E-state index in [1.54, 1.807) is 18.2 Å². The molecule has 1 aliphatic heterocycles. The van der Waals surface area contributed by atoms with Crippen molar-refractivity contribution in [1.82, 2.24) is 0 Å². The Bertz CT molecular complexity index is 825. The molecule has 2 amide bonds. The van der Waals surface area contributed by atoms with E-state index < -0.39 is 0 Å². The van der Waals surface area contributed by atoms with Crippen molar-refractivity contribution in [2.45, 2.75) is 13.5 Å². The lowest BCUT2D eigenvalue weighted by atomic mass is 10.2. The quantitative estimate of drug-likeness (QED) is 0.780. The van der Waals surface area contributed by atoms with Gasteiger partial charge in [0.25, 0.3) is 5.91 Å². The first-order chi connectivity index (χ1) is 12.6. The van der Waals surface area contributed by atoms with Gasteiger partial charge in [0, 0.05) is 16.8 Å². The average Bonchev–Trinajstić information content (AvgIpc) is 2.62. The van der Waals surface area contributed by atoms with Crippen molar-refractivity contribution in [2.24, 2.45) is 0 Å². The van der Waals surface area contributed by atoms with E-state index >= 15 is 0 Å². The van der Waals surface area contributed by atoms with Gasteiger partial charge in [-0.2, -0.15) is 0 Å². The van der Waals surface area contributed by atoms with Crippen LogP contribution in [0.2, 0.25) is 0 Å². The molecule has 7 heteroatoms. The molecule has 0 fully saturated rings. The number of nitrogens with zero attached hydrogens (tertiary/aromatic N) is 1. The fourth-order valence-corrected chi connectivity index (χ4v) is 2.99. The van der Waals surface area contributed by atoms with Crippen molar-refractivity contribution in [1.29, 1.82) is 0 Å². The Morgan fingerprint density at radius 2 is 2.15 bits per heavy atom. The van der Waals surface area contributed by atoms with E-state index in [-0.39, 0.29) is 25.0 Å². The van der Waals surface area contributed by atoms with Crippen molar-refractivity contribution >= 4 is 39.1 Å². The summed E-state index contributed by atoms with van der Waals surface area (Å²) in [6, 6.07) is 12.8. The lowest BCUT2D eigenvalue weighted by Crippen LogP contribution is -2.43. The molecule has 2 aromatic rings. The molecule has 2 aromatic carbocycles. The van der Waals surface area contributed by atoms with Gasteiger partial charge in [-0.25, -0.2) is 0 Å². The van der Waals surface area contributed by atoms with Gasteiger partial charge >= 0.3 is 0 Å². The molecular weight excluding hydrogens is 400 g/mol. The summed E-state index contributed by atoms with van der Waals surface area (Å²) in [4.78, 5) is 26.1. The van der Waals surface area contributed by atoms with Gasteiger partial charge in [-0.3, -0.25) is 14.5 Å². The average molecular weight is 419 g/mol. The number of amides is 2. The number of hydrogen-bond donors (Lipinski definition) is 1. The summed E-state index contributed by atoms with van der Waals surface area (Å²) in [6.07, 6.45) is 0. The number of carbonyl (C=O) groups is 2. The van der Waals surface area contributed by atoms with Crippen molar-refractivity contribution in [3.8, 4) is 5.75 Å². The maximum atomic E-state index is 12.4. The van der Waals surface area contributed by atoms with Crippen LogP contribution in [-0.2, 0) is 20.9 Å². The van der Waals surface area contributed by atoms with E-state index in [1.807, 2.05) is 31.2 Å². The standard InChI is InChI=1S/C19H19BrN2O4/c1-2-25-11-13-4-3-5-15(8-13)21-18(23)10-22-16-7-6-14(20)9-17(16)26-12-19(22)24/h3-9H,2,10-12H2,1H3,(H,21,23). The Morgan fingerprint density at radius 3 is 2.96 bits per heavy atom. The van der Waals surface area contributed by atoms with Gasteiger partial charge in [0.05, 0.1) is 12.3 Å². The summed E-state index contributed by atoms with van der Waals surface area (Å²) < 4.78 is 11.7. The lowest BCUT2D eigenvalue weighted by molar-refractivity contribution is -0.123. The van der Waals surface area contributed by atoms with Crippen LogP contribution in [0.5, 0.6) is 5.75 Å². The molecule has 1 N–H and O–H groups in total. The summed E-state index contributed by atoms with van der Waals surface area (Å²) in [5.74, 6) is 0.0493. The number of hydrogen-bond acceptors (Lipinski definition) is 4. The van der Waals surface area contributed by atoms with Gasteiger partial charge < -0.3 is 14.8 Å². The Hall–Kier alpha value is -2.38. The van der Waals surface area contributed by atoms with Crippen molar-refractivity contribution in [3.63, 3.8) is 0 Å². The van der Waals surface area contributed by atoms with E-state index in [1.165, 1.54) is 4.90 Å². The van der Waals surface area contributed by atoms with Crippen LogP contribution in [0.25, 0.3) is 0 Å². The zero-order valence-corrected chi connectivity index (χ0v) is 15.9. The zero-order valence-electron chi connectivity index (χ0n) is 14.3. The predicted molar refractivity (Wildman–Crippen MR) is 102 cm³/mol. The molecule has 26 heavy (non-hydrogen) atoms. The Balaban J connectivity index is 1.69. The molecule has 1 aliphatic rings. The van der Waals surface area contributed by atoms with Gasteiger partial charge in [-0.1, -0.05) is 28.1 Å². The fourth-order valence-electron chi connectivity index (χ4n) is 2.65. The van der Waals surface area contributed by atoms with Crippen molar-refractivity contribution in [2.75, 3.05) is 30.0 Å². The minimum Gasteiger partial charge on any atom is -0.482 e. The molecule has 0 aromatic heterocycles. The Kier molecular flexibility index (Phi) is 5.90. The first kappa shape index (κ1) is 18.4. The monoisotopic (exact) mass is 418 g/mol. The van der Waals surface area contributed by atoms with Crippen LogP contribution in [-0.4, -0.2) is 31.6 Å². The van der Waals surface area contributed by atoms with E-state index in [0.717, 1.165) is 10.0 Å². The molecule has 6 nitrogen and oxygen atoms in total. The number of halogens is 1. The highest BCUT2D eigenvalue weighted by Crippen LogP contribution is 2.34. The summed E-state index contributed by atoms with van der Waals surface area (Å²) in [7, 11) is 0. The summed E-state index contributed by atoms with van der Waals surface area (Å²) in [6.45, 7) is 2.89. The first-order valence-corrected chi connectivity index (χ1v) is 9.05.